The van der Waals surface area contributed by atoms with Gasteiger partial charge in [0.05, 0.1) is 46.7 Å². The Morgan fingerprint density at radius 1 is 1.29 bits per heavy atom. The van der Waals surface area contributed by atoms with Crippen molar-refractivity contribution in [2.24, 2.45) is 4.99 Å². The van der Waals surface area contributed by atoms with E-state index < -0.39 is 0 Å². The first-order chi connectivity index (χ1) is 16.5. The molecule has 0 unspecified atom stereocenters. The number of anilines is 1. The van der Waals surface area contributed by atoms with Gasteiger partial charge in [-0.2, -0.15) is 5.10 Å². The average molecular weight is 458 g/mol. The van der Waals surface area contributed by atoms with Crippen LogP contribution in [0.3, 0.4) is 0 Å². The second-order valence-electron chi connectivity index (χ2n) is 8.50. The number of carbonyl (C=O) groups excluding carboxylic acids is 1. The smallest absolute Gasteiger partial charge is 0.254 e. The van der Waals surface area contributed by atoms with E-state index in [9.17, 15) is 9.90 Å². The van der Waals surface area contributed by atoms with Gasteiger partial charge in [0, 0.05) is 30.9 Å². The molecule has 1 fully saturated rings. The maximum Gasteiger partial charge on any atom is 0.254 e. The van der Waals surface area contributed by atoms with Crippen molar-refractivity contribution >= 4 is 23.8 Å². The number of rotatable bonds is 6. The molecule has 0 aliphatic carbocycles. The third kappa shape index (κ3) is 4.06. The highest BCUT2D eigenvalue weighted by atomic mass is 16.3. The van der Waals surface area contributed by atoms with E-state index in [1.54, 1.807) is 12.4 Å². The lowest BCUT2D eigenvalue weighted by atomic mass is 10.0. The highest BCUT2D eigenvalue weighted by molar-refractivity contribution is 6.05. The van der Waals surface area contributed by atoms with Crippen molar-refractivity contribution in [1.82, 2.24) is 24.8 Å². The molecule has 0 saturated carbocycles. The Morgan fingerprint density at radius 3 is 2.91 bits per heavy atom. The van der Waals surface area contributed by atoms with Crippen LogP contribution in [0.2, 0.25) is 0 Å². The van der Waals surface area contributed by atoms with Gasteiger partial charge in [-0.05, 0) is 56.8 Å². The number of nitrogens with one attached hydrogen (secondary N) is 2. The topological polar surface area (TPSA) is 107 Å². The van der Waals surface area contributed by atoms with Crippen molar-refractivity contribution in [2.75, 3.05) is 18.4 Å². The molecule has 34 heavy (non-hydrogen) atoms. The number of hydrogen-bond donors (Lipinski definition) is 3. The standard InChI is InChI=1S/C25H27N7O2/c1-16(31-12-9-18(33)10-13-31)6-7-22(26-2)30-20-15-27-24(19-14-28-25(34)23(19)20)21-5-3-4-17-8-11-29-32(17)21/h3-8,11,15,18,30,33H,2,9-10,12-14H2,1H3,(H,28,34)/b16-6+,22-7+. The number of fused-ring (bicyclic) bond motifs is 2. The Morgan fingerprint density at radius 2 is 2.12 bits per heavy atom. The van der Waals surface area contributed by atoms with E-state index in [4.69, 9.17) is 4.98 Å². The summed E-state index contributed by atoms with van der Waals surface area (Å²) in [5.41, 5.74) is 5.53. The molecule has 0 bridgehead atoms. The number of hydrogen-bond acceptors (Lipinski definition) is 7. The molecule has 9 nitrogen and oxygen atoms in total. The number of pyridine rings is 2. The van der Waals surface area contributed by atoms with Crippen LogP contribution in [0.15, 0.2) is 65.3 Å². The fourth-order valence-electron chi connectivity index (χ4n) is 4.48. The molecule has 1 amide bonds. The Balaban J connectivity index is 1.45. The van der Waals surface area contributed by atoms with Crippen molar-refractivity contribution in [3.05, 3.63) is 71.5 Å². The highest BCUT2D eigenvalue weighted by Gasteiger charge is 2.28. The quantitative estimate of drug-likeness (QED) is 0.388. The van der Waals surface area contributed by atoms with Gasteiger partial charge in [0.15, 0.2) is 0 Å². The van der Waals surface area contributed by atoms with E-state index in [1.165, 1.54) is 0 Å². The fraction of sp³-hybridized carbons (Fsp3) is 0.280. The Kier molecular flexibility index (Phi) is 5.85. The summed E-state index contributed by atoms with van der Waals surface area (Å²) >= 11 is 0. The van der Waals surface area contributed by atoms with E-state index in [-0.39, 0.29) is 12.0 Å². The largest absolute Gasteiger partial charge is 0.393 e. The molecule has 3 aromatic heterocycles. The summed E-state index contributed by atoms with van der Waals surface area (Å²) in [7, 11) is 0. The van der Waals surface area contributed by atoms with Gasteiger partial charge in [-0.1, -0.05) is 6.07 Å². The van der Waals surface area contributed by atoms with E-state index in [0.29, 0.717) is 29.3 Å². The molecule has 2 aliphatic rings. The molecule has 174 valence electrons. The normalized spacial score (nSPS) is 17.1. The third-order valence-electron chi connectivity index (χ3n) is 6.38. The summed E-state index contributed by atoms with van der Waals surface area (Å²) in [6.45, 7) is 7.75. The van der Waals surface area contributed by atoms with Crippen LogP contribution in [0.4, 0.5) is 5.69 Å². The summed E-state index contributed by atoms with van der Waals surface area (Å²) in [6, 6.07) is 7.81. The number of aliphatic imine (C=N–C) groups is 1. The summed E-state index contributed by atoms with van der Waals surface area (Å²) in [6.07, 6.45) is 8.53. The number of likely N-dealkylation sites (tertiary alicyclic amines) is 1. The van der Waals surface area contributed by atoms with Crippen LogP contribution in [0.25, 0.3) is 16.9 Å². The first-order valence-electron chi connectivity index (χ1n) is 11.3. The Labute approximate surface area is 197 Å². The van der Waals surface area contributed by atoms with Crippen molar-refractivity contribution in [1.29, 1.82) is 0 Å². The fourth-order valence-corrected chi connectivity index (χ4v) is 4.48. The number of aromatic nitrogens is 3. The number of aliphatic hydroxyl groups excluding tert-OH is 1. The number of carbonyl (C=O) groups is 1. The number of allylic oxidation sites excluding steroid dienone is 3. The third-order valence-corrected chi connectivity index (χ3v) is 6.38. The maximum atomic E-state index is 12.7. The second-order valence-corrected chi connectivity index (χ2v) is 8.50. The molecule has 0 aromatic carbocycles. The second kappa shape index (κ2) is 9.11. The maximum absolute atomic E-state index is 12.7. The van der Waals surface area contributed by atoms with Gasteiger partial charge < -0.3 is 20.6 Å². The predicted molar refractivity (Wildman–Crippen MR) is 131 cm³/mol. The van der Waals surface area contributed by atoms with Crippen molar-refractivity contribution in [2.45, 2.75) is 32.4 Å². The zero-order valence-electron chi connectivity index (χ0n) is 19.0. The summed E-state index contributed by atoms with van der Waals surface area (Å²) in [5.74, 6) is 0.359. The van der Waals surface area contributed by atoms with Gasteiger partial charge in [-0.3, -0.25) is 9.78 Å². The number of piperidine rings is 1. The predicted octanol–water partition coefficient (Wildman–Crippen LogP) is 2.95. The van der Waals surface area contributed by atoms with Crippen LogP contribution < -0.4 is 10.6 Å². The molecule has 0 radical (unpaired) electrons. The molecular formula is C25H27N7O2. The van der Waals surface area contributed by atoms with Crippen molar-refractivity contribution < 1.29 is 9.90 Å². The lowest BCUT2D eigenvalue weighted by Crippen LogP contribution is -2.34. The van der Waals surface area contributed by atoms with Gasteiger partial charge in [0.1, 0.15) is 5.82 Å². The number of nitrogens with zero attached hydrogens (tertiary/aromatic N) is 5. The van der Waals surface area contributed by atoms with Gasteiger partial charge in [-0.15, -0.1) is 0 Å². The summed E-state index contributed by atoms with van der Waals surface area (Å²) < 4.78 is 1.82. The minimum Gasteiger partial charge on any atom is -0.393 e. The number of aliphatic hydroxyl groups is 1. The van der Waals surface area contributed by atoms with E-state index in [2.05, 4.69) is 32.3 Å². The molecular weight excluding hydrogens is 430 g/mol. The Bertz CT molecular complexity index is 1320. The van der Waals surface area contributed by atoms with E-state index in [1.807, 2.05) is 47.9 Å². The highest BCUT2D eigenvalue weighted by Crippen LogP contribution is 2.32. The first-order valence-corrected chi connectivity index (χ1v) is 11.3. The van der Waals surface area contributed by atoms with Crippen molar-refractivity contribution in [3.8, 4) is 11.4 Å². The first kappa shape index (κ1) is 21.8. The van der Waals surface area contributed by atoms with Crippen LogP contribution in [-0.4, -0.2) is 56.4 Å². The monoisotopic (exact) mass is 457 g/mol. The van der Waals surface area contributed by atoms with Gasteiger partial charge in [0.2, 0.25) is 0 Å². The summed E-state index contributed by atoms with van der Waals surface area (Å²) in [5, 5.41) is 20.3. The molecule has 3 aromatic rings. The summed E-state index contributed by atoms with van der Waals surface area (Å²) in [4.78, 5) is 23.8. The lowest BCUT2D eigenvalue weighted by Gasteiger charge is -2.31. The van der Waals surface area contributed by atoms with Crippen LogP contribution in [-0.2, 0) is 6.54 Å². The molecule has 5 heterocycles. The molecule has 3 N–H and O–H groups in total. The lowest BCUT2D eigenvalue weighted by molar-refractivity contribution is 0.0963. The van der Waals surface area contributed by atoms with Crippen molar-refractivity contribution in [3.63, 3.8) is 0 Å². The van der Waals surface area contributed by atoms with Crippen LogP contribution in [0.5, 0.6) is 0 Å². The van der Waals surface area contributed by atoms with Crippen LogP contribution >= 0.6 is 0 Å². The molecule has 1 saturated heterocycles. The number of amides is 1. The average Bonchev–Trinajstić information content (AvgIpc) is 3.49. The SMILES string of the molecule is C=N/C(=C\C=C(/C)N1CCC(O)CC1)Nc1cnc(-c2cccc3ccnn23)c2c1C(=O)NC2. The minimum absolute atomic E-state index is 0.157. The zero-order valence-corrected chi connectivity index (χ0v) is 19.0. The molecule has 5 rings (SSSR count). The molecule has 2 aliphatic heterocycles. The molecule has 0 atom stereocenters. The van der Waals surface area contributed by atoms with E-state index in [0.717, 1.165) is 48.4 Å². The van der Waals surface area contributed by atoms with Crippen LogP contribution in [0, 0.1) is 0 Å². The zero-order chi connectivity index (χ0) is 23.7. The van der Waals surface area contributed by atoms with Gasteiger partial charge in [0.25, 0.3) is 5.91 Å². The molecule has 9 heteroatoms. The van der Waals surface area contributed by atoms with E-state index >= 15 is 0 Å². The Hall–Kier alpha value is -3.98. The minimum atomic E-state index is -0.212. The molecule has 0 spiro atoms. The van der Waals surface area contributed by atoms with Crippen LogP contribution in [0.1, 0.15) is 35.7 Å². The van der Waals surface area contributed by atoms with Gasteiger partial charge >= 0.3 is 0 Å². The van der Waals surface area contributed by atoms with Gasteiger partial charge in [-0.25, -0.2) is 9.51 Å².